The molecule has 0 fully saturated rings. The number of nitrogens with one attached hydrogen (secondary N) is 1. The van der Waals surface area contributed by atoms with Crippen molar-refractivity contribution in [3.8, 4) is 0 Å². The summed E-state index contributed by atoms with van der Waals surface area (Å²) < 4.78 is 13.1. The van der Waals surface area contributed by atoms with E-state index in [2.05, 4.69) is 4.98 Å². The molecule has 0 aliphatic carbocycles. The van der Waals surface area contributed by atoms with Gasteiger partial charge in [0.15, 0.2) is 5.69 Å². The van der Waals surface area contributed by atoms with Crippen molar-refractivity contribution >= 4 is 17.2 Å². The summed E-state index contributed by atoms with van der Waals surface area (Å²) in [5, 5.41) is 9.11. The summed E-state index contributed by atoms with van der Waals surface area (Å²) in [7, 11) is 0. The number of aryl methyl sites for hydroxylation is 1. The van der Waals surface area contributed by atoms with Crippen LogP contribution in [0, 0.1) is 12.1 Å². The number of carbonyl (C=O) groups is 1. The van der Waals surface area contributed by atoms with Gasteiger partial charge in [0.2, 0.25) is 5.13 Å². The summed E-state index contributed by atoms with van der Waals surface area (Å²) in [5.41, 5.74) is 0.656. The molecule has 0 unspecified atom stereocenters. The van der Waals surface area contributed by atoms with Gasteiger partial charge in [-0.05, 0) is 20.8 Å². The molecule has 0 bridgehead atoms. The van der Waals surface area contributed by atoms with E-state index in [4.69, 9.17) is 4.84 Å². The van der Waals surface area contributed by atoms with Crippen LogP contribution in [0.4, 0.5) is 4.39 Å². The molecule has 0 saturated carbocycles. The minimum absolute atomic E-state index is 0.0938. The van der Waals surface area contributed by atoms with Gasteiger partial charge in [0.25, 0.3) is 5.91 Å². The number of halogens is 1. The number of aromatic nitrogens is 1. The Morgan fingerprint density at radius 2 is 2.11 bits per heavy atom. The zero-order valence-electron chi connectivity index (χ0n) is 11.2. The number of amides is 1. The largest absolute Gasteiger partial charge is 0.388 e. The molecule has 7 heteroatoms. The molecule has 104 valence electrons. The number of carbonyl (C=O) groups excluding carboxylic acids is 1. The van der Waals surface area contributed by atoms with Crippen molar-refractivity contribution in [2.24, 2.45) is 0 Å². The second kappa shape index (κ2) is 7.40. The van der Waals surface area contributed by atoms with Gasteiger partial charge in [-0.2, -0.15) is 4.39 Å². The van der Waals surface area contributed by atoms with E-state index in [1.807, 2.05) is 19.3 Å². The van der Waals surface area contributed by atoms with Crippen LogP contribution in [0.25, 0.3) is 0 Å². The van der Waals surface area contributed by atoms with Gasteiger partial charge in [0.05, 0.1) is 10.6 Å². The molecule has 2 N–H and O–H groups in total. The molecular weight excluding hydrogens is 259 g/mol. The van der Waals surface area contributed by atoms with Gasteiger partial charge in [-0.25, -0.2) is 10.5 Å². The molecule has 0 atom stereocenters. The summed E-state index contributed by atoms with van der Waals surface area (Å²) in [4.78, 5) is 19.8. The van der Waals surface area contributed by atoms with E-state index in [9.17, 15) is 14.3 Å². The molecule has 0 aromatic carbocycles. The molecular formula is C11H19FN2O3S. The van der Waals surface area contributed by atoms with E-state index in [1.54, 1.807) is 6.92 Å². The van der Waals surface area contributed by atoms with E-state index in [0.29, 0.717) is 5.01 Å². The van der Waals surface area contributed by atoms with Gasteiger partial charge in [-0.3, -0.25) is 9.63 Å². The quantitative estimate of drug-likeness (QED) is 0.827. The summed E-state index contributed by atoms with van der Waals surface area (Å²) in [5.74, 6) is -0.758. The number of hydrogen-bond donors (Lipinski definition) is 2. The van der Waals surface area contributed by atoms with Crippen molar-refractivity contribution in [1.82, 2.24) is 10.5 Å². The molecule has 1 heterocycles. The van der Waals surface area contributed by atoms with E-state index in [-0.39, 0.29) is 12.3 Å². The van der Waals surface area contributed by atoms with Crippen LogP contribution in [0.2, 0.25) is 0 Å². The molecule has 0 saturated heterocycles. The lowest BCUT2D eigenvalue weighted by molar-refractivity contribution is -0.0524. The van der Waals surface area contributed by atoms with E-state index < -0.39 is 16.6 Å². The molecule has 5 nitrogen and oxygen atoms in total. The number of hydrogen-bond acceptors (Lipinski definition) is 5. The number of nitrogens with zero attached hydrogens (tertiary/aromatic N) is 1. The third-order valence-corrected chi connectivity index (χ3v) is 2.26. The van der Waals surface area contributed by atoms with E-state index in [1.165, 1.54) is 13.8 Å². The molecule has 1 aromatic heterocycles. The Hall–Kier alpha value is -1.05. The maximum atomic E-state index is 13.1. The molecule has 0 spiro atoms. The topological polar surface area (TPSA) is 71.5 Å². The first-order valence-corrected chi connectivity index (χ1v) is 6.39. The zero-order valence-corrected chi connectivity index (χ0v) is 12.0. The smallest absolute Gasteiger partial charge is 0.297 e. The average molecular weight is 278 g/mol. The van der Waals surface area contributed by atoms with Gasteiger partial charge in [-0.1, -0.05) is 25.2 Å². The van der Waals surface area contributed by atoms with Gasteiger partial charge < -0.3 is 5.11 Å². The fraction of sp³-hybridized carbons (Fsp3) is 0.636. The Labute approximate surface area is 110 Å². The van der Waals surface area contributed by atoms with Crippen molar-refractivity contribution in [3.05, 3.63) is 15.8 Å². The number of aliphatic hydroxyl groups is 1. The van der Waals surface area contributed by atoms with E-state index >= 15 is 0 Å². The number of hydroxylamine groups is 1. The van der Waals surface area contributed by atoms with Crippen molar-refractivity contribution in [2.45, 2.75) is 40.2 Å². The summed E-state index contributed by atoms with van der Waals surface area (Å²) in [6, 6.07) is 0. The minimum atomic E-state index is -1.07. The van der Waals surface area contributed by atoms with Gasteiger partial charge in [0, 0.05) is 0 Å². The van der Waals surface area contributed by atoms with Crippen LogP contribution < -0.4 is 5.48 Å². The fourth-order valence-electron chi connectivity index (χ4n) is 0.869. The summed E-state index contributed by atoms with van der Waals surface area (Å²) in [6.45, 7) is 8.55. The van der Waals surface area contributed by atoms with Gasteiger partial charge in [-0.15, -0.1) is 0 Å². The predicted octanol–water partition coefficient (Wildman–Crippen LogP) is 2.05. The number of thiazole rings is 1. The molecule has 0 aliphatic heterocycles. The molecule has 18 heavy (non-hydrogen) atoms. The normalized spacial score (nSPS) is 10.6. The fourth-order valence-corrected chi connectivity index (χ4v) is 1.50. The predicted molar refractivity (Wildman–Crippen MR) is 67.9 cm³/mol. The minimum Gasteiger partial charge on any atom is -0.388 e. The monoisotopic (exact) mass is 278 g/mol. The molecule has 1 rings (SSSR count). The van der Waals surface area contributed by atoms with Crippen molar-refractivity contribution in [2.75, 3.05) is 6.61 Å². The number of rotatable bonds is 4. The standard InChI is InChI=1S/C9H13FN2O3S.C2H6/c1-5-11-6(7(10)16-5)8(13)12-15-4-9(2,3)14;1-2/h14H,4H2,1-3H3,(H,12,13);1-2H3. The Morgan fingerprint density at radius 3 is 2.50 bits per heavy atom. The highest BCUT2D eigenvalue weighted by atomic mass is 32.1. The highest BCUT2D eigenvalue weighted by molar-refractivity contribution is 7.10. The van der Waals surface area contributed by atoms with Crippen LogP contribution in [0.5, 0.6) is 0 Å². The van der Waals surface area contributed by atoms with Crippen molar-refractivity contribution in [3.63, 3.8) is 0 Å². The van der Waals surface area contributed by atoms with Crippen LogP contribution in [0.1, 0.15) is 43.2 Å². The van der Waals surface area contributed by atoms with Crippen LogP contribution >= 0.6 is 11.3 Å². The third kappa shape index (κ3) is 6.04. The third-order valence-electron chi connectivity index (χ3n) is 1.50. The molecule has 1 amide bonds. The van der Waals surface area contributed by atoms with Crippen LogP contribution in [-0.4, -0.2) is 28.2 Å². The first-order chi connectivity index (χ1) is 8.29. The summed E-state index contributed by atoms with van der Waals surface area (Å²) in [6.07, 6.45) is 0. The van der Waals surface area contributed by atoms with Gasteiger partial charge >= 0.3 is 0 Å². The second-order valence-corrected chi connectivity index (χ2v) is 5.04. The van der Waals surface area contributed by atoms with Crippen LogP contribution in [0.15, 0.2) is 0 Å². The first-order valence-electron chi connectivity index (χ1n) is 5.57. The Morgan fingerprint density at radius 1 is 1.56 bits per heavy atom. The Bertz CT molecular complexity index is 388. The van der Waals surface area contributed by atoms with E-state index in [0.717, 1.165) is 11.3 Å². The lowest BCUT2D eigenvalue weighted by Gasteiger charge is -2.16. The Kier molecular flexibility index (Phi) is 6.97. The van der Waals surface area contributed by atoms with Crippen LogP contribution in [-0.2, 0) is 4.84 Å². The molecule has 0 aliphatic rings. The second-order valence-electron chi connectivity index (χ2n) is 3.89. The van der Waals surface area contributed by atoms with Gasteiger partial charge in [0.1, 0.15) is 6.61 Å². The highest BCUT2D eigenvalue weighted by Crippen LogP contribution is 2.15. The Balaban J connectivity index is 0.00000137. The van der Waals surface area contributed by atoms with Crippen molar-refractivity contribution in [1.29, 1.82) is 0 Å². The van der Waals surface area contributed by atoms with Crippen LogP contribution in [0.3, 0.4) is 0 Å². The maximum absolute atomic E-state index is 13.1. The highest BCUT2D eigenvalue weighted by Gasteiger charge is 2.18. The maximum Gasteiger partial charge on any atom is 0.297 e. The lowest BCUT2D eigenvalue weighted by atomic mass is 10.2. The lowest BCUT2D eigenvalue weighted by Crippen LogP contribution is -2.33. The molecule has 1 aromatic rings. The zero-order chi connectivity index (χ0) is 14.3. The molecule has 0 radical (unpaired) electrons. The van der Waals surface area contributed by atoms with Crippen molar-refractivity contribution < 1.29 is 19.1 Å². The first kappa shape index (κ1) is 16.9. The SMILES string of the molecule is CC.Cc1nc(C(=O)NOCC(C)(C)O)c(F)s1. The average Bonchev–Trinajstić information content (AvgIpc) is 2.59. The summed E-state index contributed by atoms with van der Waals surface area (Å²) >= 11 is 0.793.